The van der Waals surface area contributed by atoms with E-state index in [1.807, 2.05) is 0 Å². The van der Waals surface area contributed by atoms with Gasteiger partial charge in [-0.2, -0.15) is 18.4 Å². The van der Waals surface area contributed by atoms with Crippen molar-refractivity contribution in [3.05, 3.63) is 26.4 Å². The van der Waals surface area contributed by atoms with Crippen molar-refractivity contribution >= 4 is 5.82 Å². The lowest BCUT2D eigenvalue weighted by molar-refractivity contribution is -0.142. The van der Waals surface area contributed by atoms with Crippen LogP contribution in [0.3, 0.4) is 0 Å². The molecule has 1 heterocycles. The zero-order valence-corrected chi connectivity index (χ0v) is 13.1. The van der Waals surface area contributed by atoms with Crippen LogP contribution in [0, 0.1) is 11.3 Å². The van der Waals surface area contributed by atoms with Crippen molar-refractivity contribution in [2.45, 2.75) is 12.6 Å². The fraction of sp³-hybridized carbons (Fsp3) is 0.615. The molecule has 0 saturated carbocycles. The van der Waals surface area contributed by atoms with Crippen molar-refractivity contribution in [3.8, 4) is 6.07 Å². The second-order valence-electron chi connectivity index (χ2n) is 5.17. The molecule has 0 aliphatic heterocycles. The van der Waals surface area contributed by atoms with E-state index in [1.54, 1.807) is 6.07 Å². The Hall–Kier alpha value is -2.28. The highest BCUT2D eigenvalue weighted by Gasteiger charge is 2.28. The van der Waals surface area contributed by atoms with Crippen molar-refractivity contribution in [2.24, 2.45) is 14.1 Å². The average molecular weight is 333 g/mol. The predicted octanol–water partition coefficient (Wildman–Crippen LogP) is 0.252. The first-order chi connectivity index (χ1) is 10.6. The molecule has 1 aromatic rings. The van der Waals surface area contributed by atoms with Crippen molar-refractivity contribution in [3.63, 3.8) is 0 Å². The summed E-state index contributed by atoms with van der Waals surface area (Å²) in [6, 6.07) is 1.74. The SMILES string of the molecule is CN(CCCNc1c(C#N)c(=O)n(C)c(=O)n1C)CC(F)(F)F. The van der Waals surface area contributed by atoms with Crippen LogP contribution in [-0.4, -0.2) is 46.9 Å². The van der Waals surface area contributed by atoms with Gasteiger partial charge >= 0.3 is 11.9 Å². The van der Waals surface area contributed by atoms with Gasteiger partial charge in [-0.05, 0) is 20.0 Å². The number of nitriles is 1. The molecule has 0 bridgehead atoms. The zero-order valence-electron chi connectivity index (χ0n) is 13.1. The van der Waals surface area contributed by atoms with Crippen molar-refractivity contribution < 1.29 is 13.2 Å². The Morgan fingerprint density at radius 3 is 2.39 bits per heavy atom. The third-order valence-corrected chi connectivity index (χ3v) is 3.23. The first kappa shape index (κ1) is 18.8. The van der Waals surface area contributed by atoms with Gasteiger partial charge in [-0.25, -0.2) is 4.79 Å². The Balaban J connectivity index is 2.75. The first-order valence-electron chi connectivity index (χ1n) is 6.77. The van der Waals surface area contributed by atoms with Crippen LogP contribution in [0.4, 0.5) is 19.0 Å². The molecular weight excluding hydrogens is 315 g/mol. The zero-order chi connectivity index (χ0) is 17.8. The van der Waals surface area contributed by atoms with Gasteiger partial charge in [0.25, 0.3) is 5.56 Å². The summed E-state index contributed by atoms with van der Waals surface area (Å²) in [5.41, 5.74) is -1.52. The number of hydrogen-bond donors (Lipinski definition) is 1. The molecule has 0 aliphatic rings. The maximum absolute atomic E-state index is 12.2. The molecule has 0 saturated heterocycles. The Morgan fingerprint density at radius 1 is 1.26 bits per heavy atom. The van der Waals surface area contributed by atoms with Gasteiger partial charge in [-0.3, -0.25) is 18.8 Å². The van der Waals surface area contributed by atoms with Crippen LogP contribution >= 0.6 is 0 Å². The Labute approximate surface area is 130 Å². The van der Waals surface area contributed by atoms with Gasteiger partial charge in [0.15, 0.2) is 5.56 Å². The highest BCUT2D eigenvalue weighted by Crippen LogP contribution is 2.15. The molecule has 7 nitrogen and oxygen atoms in total. The molecule has 0 atom stereocenters. The predicted molar refractivity (Wildman–Crippen MR) is 78.3 cm³/mol. The molecule has 0 aliphatic carbocycles. The average Bonchev–Trinajstić information content (AvgIpc) is 2.44. The number of rotatable bonds is 6. The molecule has 10 heteroatoms. The molecule has 1 rings (SSSR count). The Bertz CT molecular complexity index is 715. The molecule has 0 unspecified atom stereocenters. The Morgan fingerprint density at radius 2 is 1.87 bits per heavy atom. The van der Waals surface area contributed by atoms with Crippen LogP contribution in [0.15, 0.2) is 9.59 Å². The molecule has 0 aromatic carbocycles. The molecule has 0 spiro atoms. The monoisotopic (exact) mass is 333 g/mol. The van der Waals surface area contributed by atoms with E-state index in [1.165, 1.54) is 21.1 Å². The van der Waals surface area contributed by atoms with Gasteiger partial charge < -0.3 is 5.32 Å². The van der Waals surface area contributed by atoms with Gasteiger partial charge in [0.05, 0.1) is 6.54 Å². The second-order valence-corrected chi connectivity index (χ2v) is 5.17. The number of alkyl halides is 3. The highest BCUT2D eigenvalue weighted by molar-refractivity contribution is 5.51. The summed E-state index contributed by atoms with van der Waals surface area (Å²) >= 11 is 0. The van der Waals surface area contributed by atoms with E-state index in [0.29, 0.717) is 6.42 Å². The van der Waals surface area contributed by atoms with Crippen LogP contribution in [0.1, 0.15) is 12.0 Å². The van der Waals surface area contributed by atoms with Gasteiger partial charge in [0.2, 0.25) is 0 Å². The number of aromatic nitrogens is 2. The van der Waals surface area contributed by atoms with Gasteiger partial charge in [-0.15, -0.1) is 0 Å². The standard InChI is InChI=1S/C13H18F3N5O2/c1-19(8-13(14,15)16)6-4-5-18-10-9(7-17)11(22)21(3)12(23)20(10)2/h18H,4-6,8H2,1-3H3. The summed E-state index contributed by atoms with van der Waals surface area (Å²) in [7, 11) is 4.02. The summed E-state index contributed by atoms with van der Waals surface area (Å²) in [4.78, 5) is 24.8. The molecule has 1 N–H and O–H groups in total. The maximum atomic E-state index is 12.2. The van der Waals surface area contributed by atoms with Crippen LogP contribution in [-0.2, 0) is 14.1 Å². The van der Waals surface area contributed by atoms with Gasteiger partial charge in [0, 0.05) is 20.6 Å². The molecule has 23 heavy (non-hydrogen) atoms. The number of hydrogen-bond acceptors (Lipinski definition) is 5. The molecule has 128 valence electrons. The van der Waals surface area contributed by atoms with Crippen molar-refractivity contribution in [1.29, 1.82) is 5.26 Å². The summed E-state index contributed by atoms with van der Waals surface area (Å²) < 4.78 is 38.5. The number of nitrogens with one attached hydrogen (secondary N) is 1. The third kappa shape index (κ3) is 4.85. The second kappa shape index (κ2) is 7.32. The third-order valence-electron chi connectivity index (χ3n) is 3.23. The van der Waals surface area contributed by atoms with E-state index < -0.39 is 24.0 Å². The summed E-state index contributed by atoms with van der Waals surface area (Å²) in [5, 5.41) is 11.8. The fourth-order valence-electron chi connectivity index (χ4n) is 2.09. The minimum absolute atomic E-state index is 0.0686. The summed E-state index contributed by atoms with van der Waals surface area (Å²) in [5.74, 6) is 0.0686. The van der Waals surface area contributed by atoms with Crippen molar-refractivity contribution in [2.75, 3.05) is 32.0 Å². The maximum Gasteiger partial charge on any atom is 0.401 e. The topological polar surface area (TPSA) is 83.1 Å². The lowest BCUT2D eigenvalue weighted by Gasteiger charge is -2.19. The highest BCUT2D eigenvalue weighted by atomic mass is 19.4. The van der Waals surface area contributed by atoms with Gasteiger partial charge in [0.1, 0.15) is 11.9 Å². The van der Waals surface area contributed by atoms with E-state index in [4.69, 9.17) is 5.26 Å². The lowest BCUT2D eigenvalue weighted by Crippen LogP contribution is -2.40. The number of anilines is 1. The van der Waals surface area contributed by atoms with Gasteiger partial charge in [-0.1, -0.05) is 0 Å². The summed E-state index contributed by atoms with van der Waals surface area (Å²) in [6.07, 6.45) is -3.91. The first-order valence-corrected chi connectivity index (χ1v) is 6.77. The molecule has 0 amide bonds. The van der Waals surface area contributed by atoms with E-state index in [-0.39, 0.29) is 24.5 Å². The van der Waals surface area contributed by atoms with E-state index >= 15 is 0 Å². The molecule has 0 fully saturated rings. The van der Waals surface area contributed by atoms with E-state index in [2.05, 4.69) is 5.32 Å². The van der Waals surface area contributed by atoms with Crippen molar-refractivity contribution in [1.82, 2.24) is 14.0 Å². The largest absolute Gasteiger partial charge is 0.401 e. The van der Waals surface area contributed by atoms with Crippen LogP contribution in [0.2, 0.25) is 0 Å². The minimum atomic E-state index is -4.26. The number of nitrogens with zero attached hydrogens (tertiary/aromatic N) is 4. The van der Waals surface area contributed by atoms with Crippen LogP contribution < -0.4 is 16.6 Å². The van der Waals surface area contributed by atoms with Crippen LogP contribution in [0.5, 0.6) is 0 Å². The molecule has 0 radical (unpaired) electrons. The normalized spacial score (nSPS) is 11.6. The Kier molecular flexibility index (Phi) is 5.98. The molecule has 1 aromatic heterocycles. The lowest BCUT2D eigenvalue weighted by atomic mass is 10.3. The minimum Gasteiger partial charge on any atom is -0.370 e. The van der Waals surface area contributed by atoms with Crippen LogP contribution in [0.25, 0.3) is 0 Å². The van der Waals surface area contributed by atoms with E-state index in [9.17, 15) is 22.8 Å². The van der Waals surface area contributed by atoms with E-state index in [0.717, 1.165) is 14.0 Å². The summed E-state index contributed by atoms with van der Waals surface area (Å²) in [6.45, 7) is -0.620. The smallest absolute Gasteiger partial charge is 0.370 e. The quantitative estimate of drug-likeness (QED) is 0.755. The number of halogens is 3. The fourth-order valence-corrected chi connectivity index (χ4v) is 2.09. The molecular formula is C13H18F3N5O2.